The first-order valence-corrected chi connectivity index (χ1v) is 19.8. The molecule has 2 unspecified atom stereocenters. The predicted molar refractivity (Wildman–Crippen MR) is 238 cm³/mol. The van der Waals surface area contributed by atoms with Crippen LogP contribution in [0.3, 0.4) is 0 Å². The van der Waals surface area contributed by atoms with Gasteiger partial charge in [-0.15, -0.1) is 0 Å². The summed E-state index contributed by atoms with van der Waals surface area (Å²) in [6.07, 6.45) is 0. The average molecular weight is 731 g/mol. The molecule has 9 aromatic carbocycles. The Labute approximate surface area is 331 Å². The first-order valence-electron chi connectivity index (χ1n) is 19.8. The van der Waals surface area contributed by atoms with Gasteiger partial charge in [0.05, 0.1) is 0 Å². The molecule has 2 heterocycles. The maximum atomic E-state index is 6.50. The molecule has 0 aliphatic heterocycles. The summed E-state index contributed by atoms with van der Waals surface area (Å²) in [5.74, 6) is 0.242. The van der Waals surface area contributed by atoms with Crippen LogP contribution in [0, 0.1) is 0 Å². The van der Waals surface area contributed by atoms with E-state index in [2.05, 4.69) is 195 Å². The van der Waals surface area contributed by atoms with Gasteiger partial charge in [-0.25, -0.2) is 0 Å². The van der Waals surface area contributed by atoms with Crippen molar-refractivity contribution in [3.63, 3.8) is 0 Å². The summed E-state index contributed by atoms with van der Waals surface area (Å²) >= 11 is 0. The molecule has 0 aliphatic carbocycles. The zero-order valence-corrected chi connectivity index (χ0v) is 31.5. The van der Waals surface area contributed by atoms with Crippen LogP contribution < -0.4 is 0 Å². The standard InChI is InChI=1S/C55H38O2/c1-35(43-15-7-8-16-44(43)42-31-33-52-50(34-42)49-32-30-38-14-5-6-17-45(38)55(49)57-52)53(40-26-22-37(23-27-40)36-12-3-2-4-13-36)41-28-24-39(25-29-41)46-19-11-20-48-47-18-9-10-21-51(47)56-54(46)48/h2-35,53H,1H3. The van der Waals surface area contributed by atoms with Gasteiger partial charge >= 0.3 is 0 Å². The molecule has 0 N–H and O–H groups in total. The summed E-state index contributed by atoms with van der Waals surface area (Å²) in [5, 5.41) is 6.90. The Morgan fingerprint density at radius 3 is 1.75 bits per heavy atom. The fraction of sp³-hybridized carbons (Fsp3) is 0.0545. The lowest BCUT2D eigenvalue weighted by molar-refractivity contribution is 0.659. The smallest absolute Gasteiger partial charge is 0.143 e. The largest absolute Gasteiger partial charge is 0.455 e. The highest BCUT2D eigenvalue weighted by Gasteiger charge is 2.26. The van der Waals surface area contributed by atoms with E-state index in [1.54, 1.807) is 0 Å². The maximum Gasteiger partial charge on any atom is 0.143 e. The van der Waals surface area contributed by atoms with Gasteiger partial charge in [0.15, 0.2) is 0 Å². The number of hydrogen-bond donors (Lipinski definition) is 0. The molecule has 2 aromatic heterocycles. The first kappa shape index (κ1) is 33.2. The van der Waals surface area contributed by atoms with Gasteiger partial charge in [-0.2, -0.15) is 0 Å². The molecule has 57 heavy (non-hydrogen) atoms. The quantitative estimate of drug-likeness (QED) is 0.163. The fourth-order valence-corrected chi connectivity index (χ4v) is 9.14. The molecule has 270 valence electrons. The van der Waals surface area contributed by atoms with Crippen molar-refractivity contribution in [2.75, 3.05) is 0 Å². The van der Waals surface area contributed by atoms with E-state index in [4.69, 9.17) is 8.83 Å². The summed E-state index contributed by atoms with van der Waals surface area (Å²) in [4.78, 5) is 0. The second kappa shape index (κ2) is 13.5. The predicted octanol–water partition coefficient (Wildman–Crippen LogP) is 15.6. The summed E-state index contributed by atoms with van der Waals surface area (Å²) in [6, 6.07) is 72.2. The highest BCUT2D eigenvalue weighted by Crippen LogP contribution is 2.45. The van der Waals surface area contributed by atoms with Crippen molar-refractivity contribution in [1.29, 1.82) is 0 Å². The van der Waals surface area contributed by atoms with Crippen molar-refractivity contribution in [1.82, 2.24) is 0 Å². The molecule has 0 saturated carbocycles. The molecule has 0 fully saturated rings. The van der Waals surface area contributed by atoms with E-state index in [0.29, 0.717) is 0 Å². The molecule has 0 aliphatic rings. The van der Waals surface area contributed by atoms with Crippen LogP contribution in [0.1, 0.15) is 35.4 Å². The number of fused-ring (bicyclic) bond motifs is 8. The van der Waals surface area contributed by atoms with Crippen molar-refractivity contribution in [3.8, 4) is 33.4 Å². The van der Waals surface area contributed by atoms with E-state index in [1.165, 1.54) is 44.3 Å². The number of hydrogen-bond acceptors (Lipinski definition) is 2. The molecular weight excluding hydrogens is 693 g/mol. The Balaban J connectivity index is 1.02. The monoisotopic (exact) mass is 730 g/mol. The average Bonchev–Trinajstić information content (AvgIpc) is 3.86. The molecule has 11 aromatic rings. The highest BCUT2D eigenvalue weighted by molar-refractivity contribution is 6.15. The molecule has 2 heteroatoms. The Morgan fingerprint density at radius 2 is 0.930 bits per heavy atom. The molecule has 11 rings (SSSR count). The molecule has 0 amide bonds. The van der Waals surface area contributed by atoms with Gasteiger partial charge < -0.3 is 8.83 Å². The third kappa shape index (κ3) is 5.64. The van der Waals surface area contributed by atoms with Crippen molar-refractivity contribution < 1.29 is 8.83 Å². The van der Waals surface area contributed by atoms with Crippen LogP contribution in [-0.4, -0.2) is 0 Å². The number of rotatable bonds is 7. The zero-order valence-electron chi connectivity index (χ0n) is 31.5. The van der Waals surface area contributed by atoms with Crippen LogP contribution in [0.5, 0.6) is 0 Å². The van der Waals surface area contributed by atoms with Gasteiger partial charge in [0.25, 0.3) is 0 Å². The van der Waals surface area contributed by atoms with Gasteiger partial charge in [-0.1, -0.05) is 183 Å². The van der Waals surface area contributed by atoms with Crippen LogP contribution in [0.2, 0.25) is 0 Å². The molecule has 2 atom stereocenters. The summed E-state index contributed by atoms with van der Waals surface area (Å²) in [6.45, 7) is 2.38. The lowest BCUT2D eigenvalue weighted by atomic mass is 9.76. The lowest BCUT2D eigenvalue weighted by Gasteiger charge is -2.28. The Hall–Kier alpha value is -7.16. The maximum absolute atomic E-state index is 6.50. The number of furan rings is 2. The molecule has 0 radical (unpaired) electrons. The van der Waals surface area contributed by atoms with Crippen LogP contribution in [-0.2, 0) is 0 Å². The van der Waals surface area contributed by atoms with Crippen molar-refractivity contribution in [3.05, 3.63) is 217 Å². The fourth-order valence-electron chi connectivity index (χ4n) is 9.14. The van der Waals surface area contributed by atoms with Gasteiger partial charge in [0, 0.05) is 38.4 Å². The van der Waals surface area contributed by atoms with Crippen LogP contribution in [0.4, 0.5) is 0 Å². The van der Waals surface area contributed by atoms with E-state index in [9.17, 15) is 0 Å². The lowest BCUT2D eigenvalue weighted by Crippen LogP contribution is -2.11. The van der Waals surface area contributed by atoms with Crippen molar-refractivity contribution >= 4 is 54.6 Å². The second-order valence-corrected chi connectivity index (χ2v) is 15.2. The van der Waals surface area contributed by atoms with Crippen molar-refractivity contribution in [2.24, 2.45) is 0 Å². The minimum atomic E-state index is 0.0943. The minimum absolute atomic E-state index is 0.0943. The molecule has 0 saturated heterocycles. The molecule has 0 bridgehead atoms. The number of benzene rings is 9. The van der Waals surface area contributed by atoms with E-state index >= 15 is 0 Å². The van der Waals surface area contributed by atoms with Crippen LogP contribution in [0.15, 0.2) is 209 Å². The van der Waals surface area contributed by atoms with Gasteiger partial charge in [0.2, 0.25) is 0 Å². The van der Waals surface area contributed by atoms with Gasteiger partial charge in [-0.05, 0) is 80.1 Å². The van der Waals surface area contributed by atoms with Crippen LogP contribution in [0.25, 0.3) is 88.0 Å². The molecule has 2 nitrogen and oxygen atoms in total. The van der Waals surface area contributed by atoms with E-state index in [1.807, 2.05) is 12.1 Å². The second-order valence-electron chi connectivity index (χ2n) is 15.2. The summed E-state index contributed by atoms with van der Waals surface area (Å²) in [7, 11) is 0. The first-order chi connectivity index (χ1) is 28.2. The number of para-hydroxylation sites is 2. The van der Waals surface area contributed by atoms with Gasteiger partial charge in [-0.3, -0.25) is 0 Å². The highest BCUT2D eigenvalue weighted by atomic mass is 16.3. The Morgan fingerprint density at radius 1 is 0.351 bits per heavy atom. The van der Waals surface area contributed by atoms with E-state index in [0.717, 1.165) is 60.4 Å². The van der Waals surface area contributed by atoms with E-state index < -0.39 is 0 Å². The zero-order chi connectivity index (χ0) is 37.9. The van der Waals surface area contributed by atoms with Crippen LogP contribution >= 0.6 is 0 Å². The summed E-state index contributed by atoms with van der Waals surface area (Å²) < 4.78 is 12.9. The molecular formula is C55H38O2. The third-order valence-electron chi connectivity index (χ3n) is 12.0. The Kier molecular flexibility index (Phi) is 7.89. The minimum Gasteiger partial charge on any atom is -0.455 e. The third-order valence-corrected chi connectivity index (χ3v) is 12.0. The Bertz CT molecular complexity index is 3240. The molecule has 0 spiro atoms. The van der Waals surface area contributed by atoms with Gasteiger partial charge in [0.1, 0.15) is 22.3 Å². The summed E-state index contributed by atoms with van der Waals surface area (Å²) in [5.41, 5.74) is 14.7. The normalized spacial score (nSPS) is 12.9. The topological polar surface area (TPSA) is 26.3 Å². The van der Waals surface area contributed by atoms with Crippen molar-refractivity contribution in [2.45, 2.75) is 18.8 Å². The SMILES string of the molecule is CC(c1ccccc1-c1ccc2oc3c4ccccc4ccc3c2c1)C(c1ccc(-c2ccccc2)cc1)c1ccc(-c2cccc3c2oc2ccccc23)cc1. The van der Waals surface area contributed by atoms with E-state index in [-0.39, 0.29) is 11.8 Å².